The number of nitriles is 1. The van der Waals surface area contributed by atoms with Gasteiger partial charge in [0.1, 0.15) is 11.5 Å². The number of hydrogen-bond donors (Lipinski definition) is 0. The number of nitrogens with zero attached hydrogens (tertiary/aromatic N) is 1. The molecule has 0 saturated heterocycles. The molecular formula is C14H9Cl2NO3S. The second-order valence-electron chi connectivity index (χ2n) is 4.22. The van der Waals surface area contributed by atoms with E-state index in [0.29, 0.717) is 11.3 Å². The molecule has 0 amide bonds. The largest absolute Gasteiger partial charge is 0.455 e. The molecule has 0 aliphatic rings. The van der Waals surface area contributed by atoms with Gasteiger partial charge in [-0.2, -0.15) is 5.26 Å². The second-order valence-corrected chi connectivity index (χ2v) is 7.20. The summed E-state index contributed by atoms with van der Waals surface area (Å²) in [5.74, 6) is 0.747. The third kappa shape index (κ3) is 3.67. The minimum Gasteiger partial charge on any atom is -0.455 e. The van der Waals surface area contributed by atoms with Crippen LogP contribution in [0, 0.1) is 18.3 Å². The normalized spacial score (nSPS) is 11.0. The lowest BCUT2D eigenvalue weighted by Gasteiger charge is -2.11. The lowest BCUT2D eigenvalue weighted by atomic mass is 10.1. The van der Waals surface area contributed by atoms with Crippen molar-refractivity contribution >= 4 is 31.3 Å². The Morgan fingerprint density at radius 1 is 1.14 bits per heavy atom. The van der Waals surface area contributed by atoms with Gasteiger partial charge in [0, 0.05) is 10.7 Å². The summed E-state index contributed by atoms with van der Waals surface area (Å²) in [6.07, 6.45) is 0. The molecule has 0 unspecified atom stereocenters. The topological polar surface area (TPSA) is 67.2 Å². The molecule has 2 rings (SSSR count). The summed E-state index contributed by atoms with van der Waals surface area (Å²) in [6.45, 7) is 1.82. The molecule has 0 spiro atoms. The van der Waals surface area contributed by atoms with E-state index in [9.17, 15) is 8.42 Å². The Bertz CT molecular complexity index is 842. The Kier molecular flexibility index (Phi) is 4.43. The molecule has 2 aromatic carbocycles. The Morgan fingerprint density at radius 3 is 2.43 bits per heavy atom. The van der Waals surface area contributed by atoms with Crippen molar-refractivity contribution in [2.45, 2.75) is 11.8 Å². The van der Waals surface area contributed by atoms with Crippen molar-refractivity contribution in [2.24, 2.45) is 0 Å². The molecule has 0 radical (unpaired) electrons. The number of hydrogen-bond acceptors (Lipinski definition) is 4. The first kappa shape index (κ1) is 15.6. The predicted molar refractivity (Wildman–Crippen MR) is 80.5 cm³/mol. The molecule has 0 atom stereocenters. The number of halogens is 2. The Hall–Kier alpha value is -1.74. The second kappa shape index (κ2) is 5.94. The number of rotatable bonds is 3. The predicted octanol–water partition coefficient (Wildman–Crippen LogP) is 4.24. The van der Waals surface area contributed by atoms with Crippen LogP contribution >= 0.6 is 22.3 Å². The fraction of sp³-hybridized carbons (Fsp3) is 0.0714. The van der Waals surface area contributed by atoms with Gasteiger partial charge < -0.3 is 4.74 Å². The summed E-state index contributed by atoms with van der Waals surface area (Å²) in [5, 5.41) is 9.00. The van der Waals surface area contributed by atoms with Crippen molar-refractivity contribution in [2.75, 3.05) is 0 Å². The molecule has 0 saturated carbocycles. The van der Waals surface area contributed by atoms with Crippen LogP contribution < -0.4 is 4.74 Å². The van der Waals surface area contributed by atoms with Gasteiger partial charge in [-0.05, 0) is 42.8 Å². The number of aryl methyl sites for hydroxylation is 1. The van der Waals surface area contributed by atoms with Crippen LogP contribution in [0.2, 0.25) is 5.02 Å². The van der Waals surface area contributed by atoms with Crippen LogP contribution in [0.25, 0.3) is 0 Å². The third-order valence-corrected chi connectivity index (χ3v) is 4.37. The molecule has 0 fully saturated rings. The summed E-state index contributed by atoms with van der Waals surface area (Å²) < 4.78 is 28.1. The molecule has 0 aromatic heterocycles. The van der Waals surface area contributed by atoms with E-state index >= 15 is 0 Å². The van der Waals surface area contributed by atoms with Gasteiger partial charge >= 0.3 is 0 Å². The summed E-state index contributed by atoms with van der Waals surface area (Å²) in [4.78, 5) is -0.107. The van der Waals surface area contributed by atoms with Crippen molar-refractivity contribution in [3.8, 4) is 17.6 Å². The first-order valence-corrected chi connectivity index (χ1v) is 8.43. The lowest BCUT2D eigenvalue weighted by molar-refractivity contribution is 0.478. The lowest BCUT2D eigenvalue weighted by Crippen LogP contribution is -1.93. The Labute approximate surface area is 131 Å². The molecule has 4 nitrogen and oxygen atoms in total. The summed E-state index contributed by atoms with van der Waals surface area (Å²) in [6, 6.07) is 10.9. The quantitative estimate of drug-likeness (QED) is 0.783. The van der Waals surface area contributed by atoms with Crippen molar-refractivity contribution in [3.05, 3.63) is 52.5 Å². The van der Waals surface area contributed by atoms with Gasteiger partial charge in [-0.25, -0.2) is 8.42 Å². The van der Waals surface area contributed by atoms with E-state index in [1.54, 1.807) is 18.2 Å². The van der Waals surface area contributed by atoms with Crippen molar-refractivity contribution < 1.29 is 13.2 Å². The van der Waals surface area contributed by atoms with Crippen molar-refractivity contribution in [3.63, 3.8) is 0 Å². The summed E-state index contributed by atoms with van der Waals surface area (Å²) >= 11 is 6.00. The van der Waals surface area contributed by atoms with Gasteiger partial charge in [-0.15, -0.1) is 0 Å². The highest BCUT2D eigenvalue weighted by atomic mass is 35.7. The highest BCUT2D eigenvalue weighted by Gasteiger charge is 2.14. The van der Waals surface area contributed by atoms with E-state index in [0.717, 1.165) is 5.56 Å². The van der Waals surface area contributed by atoms with Crippen LogP contribution in [0.15, 0.2) is 41.3 Å². The maximum absolute atomic E-state index is 11.2. The molecule has 21 heavy (non-hydrogen) atoms. The maximum atomic E-state index is 11.2. The van der Waals surface area contributed by atoms with Gasteiger partial charge in [0.25, 0.3) is 9.05 Å². The standard InChI is InChI=1S/C14H9Cl2NO3S/c1-9-2-3-10(8-17)6-14(9)20-13-5-4-11(7-12(13)15)21(16,18)19/h2-7H,1H3. The highest BCUT2D eigenvalue weighted by molar-refractivity contribution is 8.13. The Morgan fingerprint density at radius 2 is 1.86 bits per heavy atom. The maximum Gasteiger partial charge on any atom is 0.261 e. The van der Waals surface area contributed by atoms with Crippen molar-refractivity contribution in [1.82, 2.24) is 0 Å². The van der Waals surface area contributed by atoms with E-state index in [1.807, 2.05) is 13.0 Å². The third-order valence-electron chi connectivity index (χ3n) is 2.72. The molecule has 0 aliphatic carbocycles. The van der Waals surface area contributed by atoms with Gasteiger partial charge in [0.2, 0.25) is 0 Å². The van der Waals surface area contributed by atoms with Gasteiger partial charge in [-0.1, -0.05) is 17.7 Å². The molecule has 2 aromatic rings. The van der Waals surface area contributed by atoms with Crippen LogP contribution in [0.5, 0.6) is 11.5 Å². The van der Waals surface area contributed by atoms with Gasteiger partial charge in [0.15, 0.2) is 0 Å². The van der Waals surface area contributed by atoms with E-state index in [4.69, 9.17) is 32.3 Å². The number of benzene rings is 2. The van der Waals surface area contributed by atoms with Crippen LogP contribution in [0.3, 0.4) is 0 Å². The zero-order valence-electron chi connectivity index (χ0n) is 10.8. The van der Waals surface area contributed by atoms with Crippen LogP contribution in [0.4, 0.5) is 0 Å². The van der Waals surface area contributed by atoms with Crippen LogP contribution in [-0.2, 0) is 9.05 Å². The molecule has 0 N–H and O–H groups in total. The van der Waals surface area contributed by atoms with Gasteiger partial charge in [-0.3, -0.25) is 0 Å². The highest BCUT2D eigenvalue weighted by Crippen LogP contribution is 2.33. The molecule has 0 heterocycles. The Balaban J connectivity index is 2.39. The SMILES string of the molecule is Cc1ccc(C#N)cc1Oc1ccc(S(=O)(=O)Cl)cc1Cl. The van der Waals surface area contributed by atoms with Crippen molar-refractivity contribution in [1.29, 1.82) is 5.26 Å². The van der Waals surface area contributed by atoms with Crippen LogP contribution in [-0.4, -0.2) is 8.42 Å². The molecule has 0 aliphatic heterocycles. The zero-order valence-corrected chi connectivity index (χ0v) is 13.1. The summed E-state index contributed by atoms with van der Waals surface area (Å²) in [7, 11) is 1.40. The van der Waals surface area contributed by atoms with E-state index in [-0.39, 0.29) is 15.7 Å². The minimum absolute atomic E-state index is 0.107. The monoisotopic (exact) mass is 341 g/mol. The smallest absolute Gasteiger partial charge is 0.261 e. The zero-order chi connectivity index (χ0) is 15.6. The van der Waals surface area contributed by atoms with E-state index in [1.165, 1.54) is 18.2 Å². The van der Waals surface area contributed by atoms with E-state index in [2.05, 4.69) is 0 Å². The van der Waals surface area contributed by atoms with Gasteiger partial charge in [0.05, 0.1) is 21.6 Å². The molecule has 0 bridgehead atoms. The first-order chi connectivity index (χ1) is 9.81. The average Bonchev–Trinajstić information content (AvgIpc) is 2.42. The average molecular weight is 342 g/mol. The number of ether oxygens (including phenoxy) is 1. The van der Waals surface area contributed by atoms with Crippen LogP contribution in [0.1, 0.15) is 11.1 Å². The fourth-order valence-corrected chi connectivity index (χ4v) is 2.68. The van der Waals surface area contributed by atoms with E-state index < -0.39 is 9.05 Å². The molecule has 7 heteroatoms. The summed E-state index contributed by atoms with van der Waals surface area (Å²) in [5.41, 5.74) is 1.27. The first-order valence-electron chi connectivity index (χ1n) is 5.74. The molecule has 108 valence electrons. The fourth-order valence-electron chi connectivity index (χ4n) is 1.61. The minimum atomic E-state index is -3.84. The molecular weight excluding hydrogens is 333 g/mol.